The van der Waals surface area contributed by atoms with Crippen LogP contribution < -0.4 is 11.4 Å². The molecule has 5 atom stereocenters. The predicted molar refractivity (Wildman–Crippen MR) is 98.8 cm³/mol. The fourth-order valence-electron chi connectivity index (χ4n) is 2.15. The maximum Gasteiger partial charge on any atom is 0.490 e. The van der Waals surface area contributed by atoms with Gasteiger partial charge in [-0.3, -0.25) is 9.09 Å². The number of phosphoric ester groups is 1. The predicted octanol–water partition coefficient (Wildman–Crippen LogP) is -1.94. The summed E-state index contributed by atoms with van der Waals surface area (Å²) in [5.74, 6) is -0.0380. The molecule has 1 aliphatic heterocycles. The first-order valence-electron chi connectivity index (χ1n) is 7.14. The average molecular weight is 513 g/mol. The maximum absolute atomic E-state index is 11.8. The van der Waals surface area contributed by atoms with Gasteiger partial charge in [-0.1, -0.05) is 0 Å². The molecular formula is C9H16N3Na2O13P3. The molecule has 0 aliphatic carbocycles. The minimum atomic E-state index is -5.65. The second-order valence-electron chi connectivity index (χ2n) is 5.36. The van der Waals surface area contributed by atoms with Crippen LogP contribution in [-0.2, 0) is 31.6 Å². The van der Waals surface area contributed by atoms with Crippen LogP contribution in [0.5, 0.6) is 0 Å². The van der Waals surface area contributed by atoms with Crippen molar-refractivity contribution in [1.82, 2.24) is 9.55 Å². The van der Waals surface area contributed by atoms with E-state index in [4.69, 9.17) is 25.2 Å². The van der Waals surface area contributed by atoms with Crippen LogP contribution >= 0.6 is 23.5 Å². The molecule has 2 heterocycles. The number of nitrogen functional groups attached to an aromatic ring is 1. The number of aromatic nitrogens is 2. The largest absolute Gasteiger partial charge is 0.490 e. The van der Waals surface area contributed by atoms with Crippen molar-refractivity contribution in [3.63, 3.8) is 0 Å². The molecule has 1 aromatic heterocycles. The molecule has 0 bridgehead atoms. The summed E-state index contributed by atoms with van der Waals surface area (Å²) in [5, 5.41) is 9.94. The van der Waals surface area contributed by atoms with Crippen LogP contribution in [0.15, 0.2) is 17.1 Å². The molecule has 1 saturated heterocycles. The molecule has 30 heavy (non-hydrogen) atoms. The smallest absolute Gasteiger partial charge is 0.390 e. The molecule has 16 nitrogen and oxygen atoms in total. The summed E-state index contributed by atoms with van der Waals surface area (Å²) in [4.78, 5) is 50.5. The molecule has 0 saturated carbocycles. The van der Waals surface area contributed by atoms with E-state index in [-0.39, 0.29) is 71.4 Å². The second-order valence-corrected chi connectivity index (χ2v) is 9.78. The van der Waals surface area contributed by atoms with Crippen molar-refractivity contribution in [2.45, 2.75) is 24.9 Å². The van der Waals surface area contributed by atoms with Crippen molar-refractivity contribution < 1.29 is 56.3 Å². The van der Waals surface area contributed by atoms with Gasteiger partial charge in [-0.05, 0) is 6.07 Å². The molecule has 0 spiro atoms. The van der Waals surface area contributed by atoms with Crippen molar-refractivity contribution in [3.8, 4) is 0 Å². The molecule has 21 heteroatoms. The number of phosphoric acid groups is 3. The summed E-state index contributed by atoms with van der Waals surface area (Å²) in [6, 6.07) is 1.30. The van der Waals surface area contributed by atoms with Crippen molar-refractivity contribution in [2.75, 3.05) is 12.3 Å². The molecule has 162 valence electrons. The Morgan fingerprint density at radius 1 is 1.17 bits per heavy atom. The van der Waals surface area contributed by atoms with E-state index < -0.39 is 54.2 Å². The van der Waals surface area contributed by atoms with Gasteiger partial charge < -0.3 is 35.2 Å². The molecular weight excluding hydrogens is 497 g/mol. The molecule has 1 aromatic rings. The zero-order chi connectivity index (χ0) is 21.3. The van der Waals surface area contributed by atoms with Gasteiger partial charge in [0.15, 0.2) is 0 Å². The van der Waals surface area contributed by atoms with E-state index in [1.165, 1.54) is 12.3 Å². The summed E-state index contributed by atoms with van der Waals surface area (Å²) < 4.78 is 51.2. The average Bonchev–Trinajstić information content (AvgIpc) is 2.82. The van der Waals surface area contributed by atoms with E-state index in [2.05, 4.69) is 18.1 Å². The number of ether oxygens (including phenoxy) is 1. The van der Waals surface area contributed by atoms with Crippen LogP contribution in [0.2, 0.25) is 0 Å². The third-order valence-electron chi connectivity index (χ3n) is 3.18. The molecule has 2 unspecified atom stereocenters. The molecule has 0 amide bonds. The maximum atomic E-state index is 11.8. The first-order chi connectivity index (χ1) is 12.7. The number of aliphatic hydroxyl groups excluding tert-OH is 1. The van der Waals surface area contributed by atoms with E-state index in [0.29, 0.717) is 0 Å². The summed E-state index contributed by atoms with van der Waals surface area (Å²) in [5.41, 5.74) is 4.58. The molecule has 0 aromatic carbocycles. The van der Waals surface area contributed by atoms with Crippen LogP contribution in [0.4, 0.5) is 5.82 Å². The Hall–Kier alpha value is 1.01. The standard InChI is InChI=1S/C9H16N3O13P3.2Na/c10-7-1-2-12(9(14)11-7)8-3-5(13)6(23-8)4-22-27(18,19)25-28(20,21)24-26(15,16)17;;/h1-2,5-6,8,13H,3-4H2,(H,18,19)(H,20,21)(H2,10,11,14)(H2,15,16,17);;/t5-,6+,8+;;/m0../s1. The Bertz CT molecular complexity index is 925. The fraction of sp³-hybridized carbons (Fsp3) is 0.556. The zero-order valence-corrected chi connectivity index (χ0v) is 22.3. The van der Waals surface area contributed by atoms with Gasteiger partial charge in [-0.2, -0.15) is 13.6 Å². The van der Waals surface area contributed by atoms with Gasteiger partial charge >= 0.3 is 29.2 Å². The number of anilines is 1. The molecule has 2 radical (unpaired) electrons. The van der Waals surface area contributed by atoms with E-state index >= 15 is 0 Å². The van der Waals surface area contributed by atoms with Crippen LogP contribution in [0.25, 0.3) is 0 Å². The van der Waals surface area contributed by atoms with Crippen LogP contribution in [0.1, 0.15) is 12.6 Å². The molecule has 1 fully saturated rings. The fourth-order valence-corrected chi connectivity index (χ4v) is 5.18. The Labute approximate surface area is 212 Å². The quantitative estimate of drug-likeness (QED) is 0.163. The van der Waals surface area contributed by atoms with Crippen LogP contribution in [-0.4, -0.2) is 112 Å². The number of hydrogen-bond donors (Lipinski definition) is 6. The minimum absolute atomic E-state index is 0. The molecule has 7 N–H and O–H groups in total. The zero-order valence-electron chi connectivity index (χ0n) is 15.6. The third-order valence-corrected chi connectivity index (χ3v) is 6.99. The van der Waals surface area contributed by atoms with Gasteiger partial charge in [-0.15, -0.1) is 0 Å². The van der Waals surface area contributed by atoms with Crippen LogP contribution in [0, 0.1) is 0 Å². The Balaban J connectivity index is 0.00000420. The summed E-state index contributed by atoms with van der Waals surface area (Å²) >= 11 is 0. The van der Waals surface area contributed by atoms with Gasteiger partial charge in [0.05, 0.1) is 12.7 Å². The number of nitrogens with two attached hydrogens (primary N) is 1. The van der Waals surface area contributed by atoms with Gasteiger partial charge in [0.25, 0.3) is 0 Å². The second kappa shape index (κ2) is 11.9. The summed E-state index contributed by atoms with van der Waals surface area (Å²) in [6.45, 7) is -0.849. The van der Waals surface area contributed by atoms with E-state index in [0.717, 1.165) is 4.57 Å². The van der Waals surface area contributed by atoms with Gasteiger partial charge in [0, 0.05) is 71.7 Å². The van der Waals surface area contributed by atoms with Crippen molar-refractivity contribution in [1.29, 1.82) is 0 Å². The van der Waals surface area contributed by atoms with Crippen molar-refractivity contribution in [2.24, 2.45) is 0 Å². The summed E-state index contributed by atoms with van der Waals surface area (Å²) in [7, 11) is -16.5. The van der Waals surface area contributed by atoms with Gasteiger partial charge in [0.2, 0.25) is 0 Å². The van der Waals surface area contributed by atoms with E-state index in [1.807, 2.05) is 0 Å². The van der Waals surface area contributed by atoms with E-state index in [1.54, 1.807) is 0 Å². The van der Waals surface area contributed by atoms with Crippen LogP contribution in [0.3, 0.4) is 0 Å². The summed E-state index contributed by atoms with van der Waals surface area (Å²) in [6.07, 6.45) is -2.42. The minimum Gasteiger partial charge on any atom is -0.390 e. The Kier molecular flexibility index (Phi) is 12.3. The number of hydrogen-bond acceptors (Lipinski definition) is 11. The number of aliphatic hydroxyl groups is 1. The monoisotopic (exact) mass is 513 g/mol. The first kappa shape index (κ1) is 31.0. The first-order valence-corrected chi connectivity index (χ1v) is 11.7. The van der Waals surface area contributed by atoms with Gasteiger partial charge in [-0.25, -0.2) is 18.5 Å². The van der Waals surface area contributed by atoms with E-state index in [9.17, 15) is 28.5 Å². The Morgan fingerprint density at radius 3 is 2.30 bits per heavy atom. The van der Waals surface area contributed by atoms with Crippen molar-refractivity contribution in [3.05, 3.63) is 22.7 Å². The third kappa shape index (κ3) is 9.87. The normalized spacial score (nSPS) is 25.4. The molecule has 1 aliphatic rings. The van der Waals surface area contributed by atoms with Gasteiger partial charge in [0.1, 0.15) is 18.1 Å². The Morgan fingerprint density at radius 2 is 1.77 bits per heavy atom. The number of nitrogens with zero attached hydrogens (tertiary/aromatic N) is 2. The SMILES string of the molecule is Nc1ccn([C@H]2C[C@H](O)[C@@H](COP(=O)(O)OP(=O)(O)OP(=O)(O)O)O2)c(=O)n1.[Na].[Na]. The van der Waals surface area contributed by atoms with Crippen molar-refractivity contribution >= 4 is 88.4 Å². The topological polar surface area (TPSA) is 250 Å². The number of rotatable bonds is 8. The molecule has 2 rings (SSSR count).